The Morgan fingerprint density at radius 3 is 2.65 bits per heavy atom. The van der Waals surface area contributed by atoms with E-state index in [9.17, 15) is 9.18 Å². The van der Waals surface area contributed by atoms with Gasteiger partial charge in [0.25, 0.3) is 0 Å². The van der Waals surface area contributed by atoms with E-state index in [1.54, 1.807) is 24.4 Å². The Labute approximate surface area is 99.1 Å². The first-order chi connectivity index (χ1) is 8.09. The number of nitrogens with zero attached hydrogens (tertiary/aromatic N) is 1. The van der Waals surface area contributed by atoms with E-state index in [1.165, 1.54) is 19.1 Å². The van der Waals surface area contributed by atoms with E-state index in [4.69, 9.17) is 0 Å². The van der Waals surface area contributed by atoms with Crippen molar-refractivity contribution < 1.29 is 9.18 Å². The molecule has 2 rings (SSSR count). The molecule has 2 nitrogen and oxygen atoms in total. The summed E-state index contributed by atoms with van der Waals surface area (Å²) < 4.78 is 13.8. The molecule has 0 bridgehead atoms. The highest BCUT2D eigenvalue weighted by molar-refractivity contribution is 5.95. The molecule has 0 aliphatic rings. The molecule has 0 amide bonds. The summed E-state index contributed by atoms with van der Waals surface area (Å²) in [5.74, 6) is -0.418. The second kappa shape index (κ2) is 4.45. The Morgan fingerprint density at radius 2 is 2.00 bits per heavy atom. The molecule has 0 aliphatic heterocycles. The van der Waals surface area contributed by atoms with Crippen molar-refractivity contribution in [2.75, 3.05) is 0 Å². The minimum Gasteiger partial charge on any atom is -0.295 e. The summed E-state index contributed by atoms with van der Waals surface area (Å²) in [4.78, 5) is 15.4. The van der Waals surface area contributed by atoms with Crippen LogP contribution in [0.25, 0.3) is 11.1 Å². The van der Waals surface area contributed by atoms with Crippen molar-refractivity contribution in [3.05, 3.63) is 53.6 Å². The van der Waals surface area contributed by atoms with E-state index in [1.807, 2.05) is 6.92 Å². The van der Waals surface area contributed by atoms with Gasteiger partial charge < -0.3 is 0 Å². The fourth-order valence-electron chi connectivity index (χ4n) is 1.72. The number of pyridine rings is 1. The number of hydrogen-bond acceptors (Lipinski definition) is 2. The van der Waals surface area contributed by atoms with Gasteiger partial charge in [-0.3, -0.25) is 9.78 Å². The predicted octanol–water partition coefficient (Wildman–Crippen LogP) is 3.40. The summed E-state index contributed by atoms with van der Waals surface area (Å²) in [5.41, 5.74) is 2.38. The van der Waals surface area contributed by atoms with Crippen LogP contribution in [0, 0.1) is 12.7 Å². The molecule has 0 saturated carbocycles. The minimum atomic E-state index is -0.342. The van der Waals surface area contributed by atoms with Crippen LogP contribution in [-0.4, -0.2) is 10.8 Å². The molecule has 0 fully saturated rings. The van der Waals surface area contributed by atoms with E-state index in [0.29, 0.717) is 16.7 Å². The fourth-order valence-corrected chi connectivity index (χ4v) is 1.72. The van der Waals surface area contributed by atoms with Crippen molar-refractivity contribution in [3.8, 4) is 11.1 Å². The zero-order chi connectivity index (χ0) is 12.4. The highest BCUT2D eigenvalue weighted by Crippen LogP contribution is 2.25. The number of ketones is 1. The van der Waals surface area contributed by atoms with Crippen molar-refractivity contribution in [2.45, 2.75) is 13.8 Å². The van der Waals surface area contributed by atoms with E-state index in [0.717, 1.165) is 5.69 Å². The van der Waals surface area contributed by atoms with Gasteiger partial charge >= 0.3 is 0 Å². The molecule has 0 atom stereocenters. The number of benzene rings is 1. The van der Waals surface area contributed by atoms with Crippen molar-refractivity contribution in [2.24, 2.45) is 0 Å². The van der Waals surface area contributed by atoms with Crippen molar-refractivity contribution in [3.63, 3.8) is 0 Å². The number of hydrogen-bond donors (Lipinski definition) is 0. The maximum Gasteiger partial charge on any atom is 0.159 e. The largest absolute Gasteiger partial charge is 0.295 e. The summed E-state index contributed by atoms with van der Waals surface area (Å²) in [6.07, 6.45) is 1.66. The van der Waals surface area contributed by atoms with Crippen LogP contribution in [0.1, 0.15) is 23.0 Å². The number of Topliss-reactive ketones (excluding diaryl/α,β-unsaturated/α-hetero) is 1. The van der Waals surface area contributed by atoms with E-state index in [-0.39, 0.29) is 11.6 Å². The van der Waals surface area contributed by atoms with Gasteiger partial charge in [-0.2, -0.15) is 0 Å². The van der Waals surface area contributed by atoms with Crippen LogP contribution in [-0.2, 0) is 0 Å². The zero-order valence-corrected chi connectivity index (χ0v) is 9.70. The van der Waals surface area contributed by atoms with Crippen LogP contribution < -0.4 is 0 Å². The Kier molecular flexibility index (Phi) is 3.00. The highest BCUT2D eigenvalue weighted by atomic mass is 19.1. The fraction of sp³-hybridized carbons (Fsp3) is 0.143. The Hall–Kier alpha value is -2.03. The maximum atomic E-state index is 13.8. The molecule has 17 heavy (non-hydrogen) atoms. The lowest BCUT2D eigenvalue weighted by atomic mass is 10.00. The van der Waals surface area contributed by atoms with Crippen LogP contribution in [0.3, 0.4) is 0 Å². The second-order valence-corrected chi connectivity index (χ2v) is 3.89. The van der Waals surface area contributed by atoms with Gasteiger partial charge in [0.15, 0.2) is 5.78 Å². The van der Waals surface area contributed by atoms with Gasteiger partial charge in [0.2, 0.25) is 0 Å². The van der Waals surface area contributed by atoms with E-state index in [2.05, 4.69) is 4.98 Å². The highest BCUT2D eigenvalue weighted by Gasteiger charge is 2.10. The lowest BCUT2D eigenvalue weighted by molar-refractivity contribution is 0.101. The van der Waals surface area contributed by atoms with Crippen LogP contribution in [0.15, 0.2) is 36.5 Å². The summed E-state index contributed by atoms with van der Waals surface area (Å²) in [6.45, 7) is 3.28. The number of carbonyl (C=O) groups is 1. The molecule has 0 N–H and O–H groups in total. The van der Waals surface area contributed by atoms with Gasteiger partial charge in [-0.25, -0.2) is 4.39 Å². The minimum absolute atomic E-state index is 0.0761. The van der Waals surface area contributed by atoms with Crippen LogP contribution >= 0.6 is 0 Å². The van der Waals surface area contributed by atoms with Crippen molar-refractivity contribution in [1.29, 1.82) is 0 Å². The van der Waals surface area contributed by atoms with Gasteiger partial charge in [0, 0.05) is 28.6 Å². The van der Waals surface area contributed by atoms with Gasteiger partial charge in [0.05, 0.1) is 0 Å². The molecule has 2 aromatic rings. The normalized spacial score (nSPS) is 10.3. The molecular weight excluding hydrogens is 217 g/mol. The molecule has 1 heterocycles. The summed E-state index contributed by atoms with van der Waals surface area (Å²) in [7, 11) is 0. The van der Waals surface area contributed by atoms with Gasteiger partial charge in [0.1, 0.15) is 5.82 Å². The molecule has 0 spiro atoms. The standard InChI is InChI=1S/C14H12FNO/c1-9-12(4-3-7-16-9)13-8-11(10(2)17)5-6-14(13)15/h3-8H,1-2H3. The molecule has 0 radical (unpaired) electrons. The first-order valence-electron chi connectivity index (χ1n) is 5.32. The maximum absolute atomic E-state index is 13.8. The number of rotatable bonds is 2. The van der Waals surface area contributed by atoms with E-state index >= 15 is 0 Å². The van der Waals surface area contributed by atoms with Gasteiger partial charge in [-0.15, -0.1) is 0 Å². The monoisotopic (exact) mass is 229 g/mol. The van der Waals surface area contributed by atoms with Crippen molar-refractivity contribution >= 4 is 5.78 Å². The summed E-state index contributed by atoms with van der Waals surface area (Å²) in [5, 5.41) is 0. The molecule has 0 aliphatic carbocycles. The first kappa shape index (κ1) is 11.5. The number of aromatic nitrogens is 1. The first-order valence-corrected chi connectivity index (χ1v) is 5.32. The summed E-state index contributed by atoms with van der Waals surface area (Å²) in [6, 6.07) is 7.93. The van der Waals surface area contributed by atoms with Gasteiger partial charge in [-0.1, -0.05) is 6.07 Å². The number of aryl methyl sites for hydroxylation is 1. The molecule has 3 heteroatoms. The summed E-state index contributed by atoms with van der Waals surface area (Å²) >= 11 is 0. The van der Waals surface area contributed by atoms with Crippen molar-refractivity contribution in [1.82, 2.24) is 4.98 Å². The second-order valence-electron chi connectivity index (χ2n) is 3.89. The number of carbonyl (C=O) groups excluding carboxylic acids is 1. The van der Waals surface area contributed by atoms with Gasteiger partial charge in [-0.05, 0) is 38.1 Å². The lowest BCUT2D eigenvalue weighted by Crippen LogP contribution is -1.96. The SMILES string of the molecule is CC(=O)c1ccc(F)c(-c2cccnc2C)c1. The topological polar surface area (TPSA) is 30.0 Å². The molecule has 0 saturated heterocycles. The Balaban J connectivity index is 2.63. The quantitative estimate of drug-likeness (QED) is 0.739. The zero-order valence-electron chi connectivity index (χ0n) is 9.70. The molecule has 1 aromatic carbocycles. The van der Waals surface area contributed by atoms with Crippen LogP contribution in [0.5, 0.6) is 0 Å². The molecule has 86 valence electrons. The average molecular weight is 229 g/mol. The lowest BCUT2D eigenvalue weighted by Gasteiger charge is -2.07. The predicted molar refractivity (Wildman–Crippen MR) is 64.4 cm³/mol. The third-order valence-electron chi connectivity index (χ3n) is 2.67. The average Bonchev–Trinajstić information content (AvgIpc) is 2.30. The Bertz CT molecular complexity index is 578. The molecular formula is C14H12FNO. The molecule has 1 aromatic heterocycles. The third-order valence-corrected chi connectivity index (χ3v) is 2.67. The third kappa shape index (κ3) is 2.23. The smallest absolute Gasteiger partial charge is 0.159 e. The van der Waals surface area contributed by atoms with Crippen LogP contribution in [0.4, 0.5) is 4.39 Å². The Morgan fingerprint density at radius 1 is 1.24 bits per heavy atom. The van der Waals surface area contributed by atoms with E-state index < -0.39 is 0 Å². The molecule has 0 unspecified atom stereocenters. The number of halogens is 1. The van der Waals surface area contributed by atoms with Crippen LogP contribution in [0.2, 0.25) is 0 Å².